The number of nitrogens with zero attached hydrogens (tertiary/aromatic N) is 3. The van der Waals surface area contributed by atoms with Crippen LogP contribution in [0.3, 0.4) is 0 Å². The molecule has 2 aliphatic heterocycles. The summed E-state index contributed by atoms with van der Waals surface area (Å²) in [6, 6.07) is 14.3. The Bertz CT molecular complexity index is 1370. The Labute approximate surface area is 242 Å². The van der Waals surface area contributed by atoms with Crippen LogP contribution in [0.1, 0.15) is 79.2 Å². The molecular formula is C33H42N4O4. The molecule has 2 amide bonds. The van der Waals surface area contributed by atoms with E-state index in [2.05, 4.69) is 29.8 Å². The van der Waals surface area contributed by atoms with Crippen LogP contribution in [-0.4, -0.2) is 83.3 Å². The van der Waals surface area contributed by atoms with Gasteiger partial charge in [0.15, 0.2) is 0 Å². The van der Waals surface area contributed by atoms with Gasteiger partial charge in [-0.15, -0.1) is 0 Å². The number of unbranched alkanes of at least 4 members (excludes halogenated alkanes) is 2. The molecule has 2 unspecified atom stereocenters. The van der Waals surface area contributed by atoms with Gasteiger partial charge < -0.3 is 24.4 Å². The van der Waals surface area contributed by atoms with E-state index in [-0.39, 0.29) is 18.4 Å². The number of nitrogens with one attached hydrogen (secondary N) is 1. The summed E-state index contributed by atoms with van der Waals surface area (Å²) in [5, 5.41) is 1.08. The molecule has 3 heterocycles. The molecule has 2 aromatic carbocycles. The van der Waals surface area contributed by atoms with Crippen LogP contribution >= 0.6 is 0 Å². The number of piperazine rings is 1. The molecule has 5 rings (SSSR count). The third-order valence-corrected chi connectivity index (χ3v) is 8.55. The van der Waals surface area contributed by atoms with Crippen molar-refractivity contribution in [2.45, 2.75) is 64.5 Å². The van der Waals surface area contributed by atoms with Crippen molar-refractivity contribution in [3.05, 3.63) is 70.9 Å². The minimum absolute atomic E-state index is 0.0189. The fourth-order valence-electron chi connectivity index (χ4n) is 6.36. The van der Waals surface area contributed by atoms with E-state index in [1.807, 2.05) is 30.3 Å². The minimum atomic E-state index is -0.565. The Morgan fingerprint density at radius 2 is 1.66 bits per heavy atom. The van der Waals surface area contributed by atoms with Crippen molar-refractivity contribution >= 4 is 28.7 Å². The highest BCUT2D eigenvalue weighted by molar-refractivity contribution is 5.97. The molecule has 1 N–H and O–H groups in total. The van der Waals surface area contributed by atoms with Gasteiger partial charge in [0.05, 0.1) is 25.3 Å². The van der Waals surface area contributed by atoms with Crippen LogP contribution in [0.2, 0.25) is 0 Å². The number of carbonyl (C=O) groups is 3. The van der Waals surface area contributed by atoms with E-state index in [4.69, 9.17) is 4.74 Å². The average Bonchev–Trinajstić information content (AvgIpc) is 3.37. The zero-order valence-electron chi connectivity index (χ0n) is 24.5. The average molecular weight is 559 g/mol. The predicted molar refractivity (Wildman–Crippen MR) is 160 cm³/mol. The van der Waals surface area contributed by atoms with E-state index in [0.29, 0.717) is 18.5 Å². The Balaban J connectivity index is 1.41. The Kier molecular flexibility index (Phi) is 9.08. The number of rotatable bonds is 12. The summed E-state index contributed by atoms with van der Waals surface area (Å²) in [4.78, 5) is 49.5. The number of para-hydroxylation sites is 1. The minimum Gasteiger partial charge on any atom is -0.465 e. The first-order valence-corrected chi connectivity index (χ1v) is 15.1. The summed E-state index contributed by atoms with van der Waals surface area (Å²) >= 11 is 0. The first-order valence-electron chi connectivity index (χ1n) is 15.1. The van der Waals surface area contributed by atoms with Gasteiger partial charge >= 0.3 is 5.97 Å². The molecule has 1 saturated heterocycles. The molecule has 2 atom stereocenters. The lowest BCUT2D eigenvalue weighted by Crippen LogP contribution is -2.63. The standard InChI is InChI=1S/C33H42N4O4/c1-4-6-17-35(18-7-5-2)19-10-20-36-22-29(38)37-28(32(36)39)21-26-25-11-8-9-12-27(25)34-30(26)31(37)23-13-15-24(16-14-23)33(40)41-3/h8-9,11-16,28,31,34H,4-7,10,17-22H2,1-3H3. The number of fused-ring (bicyclic) bond motifs is 4. The Hall–Kier alpha value is -3.65. The SMILES string of the molecule is CCCCN(CCCC)CCCN1CC(=O)N2C(Cc3c([nH]c4ccccc34)C2c2ccc(C(=O)OC)cc2)C1=O. The number of ether oxygens (including phenoxy) is 1. The van der Waals surface area contributed by atoms with Gasteiger partial charge in [-0.05, 0) is 68.2 Å². The molecule has 218 valence electrons. The maximum Gasteiger partial charge on any atom is 0.337 e. The highest BCUT2D eigenvalue weighted by Gasteiger charge is 2.48. The zero-order chi connectivity index (χ0) is 28.9. The maximum atomic E-state index is 14.0. The van der Waals surface area contributed by atoms with Crippen molar-refractivity contribution in [2.24, 2.45) is 0 Å². The van der Waals surface area contributed by atoms with Gasteiger partial charge in [0.2, 0.25) is 11.8 Å². The second-order valence-electron chi connectivity index (χ2n) is 11.3. The first kappa shape index (κ1) is 28.9. The molecule has 8 nitrogen and oxygen atoms in total. The van der Waals surface area contributed by atoms with Crippen molar-refractivity contribution < 1.29 is 19.1 Å². The quantitative estimate of drug-likeness (QED) is 0.319. The highest BCUT2D eigenvalue weighted by Crippen LogP contribution is 2.42. The van der Waals surface area contributed by atoms with Crippen LogP contribution in [-0.2, 0) is 20.7 Å². The van der Waals surface area contributed by atoms with Gasteiger partial charge in [-0.3, -0.25) is 9.59 Å². The third kappa shape index (κ3) is 5.89. The zero-order valence-corrected chi connectivity index (χ0v) is 24.5. The lowest BCUT2D eigenvalue weighted by molar-refractivity contribution is -0.158. The van der Waals surface area contributed by atoms with Crippen LogP contribution in [0.4, 0.5) is 0 Å². The molecule has 1 fully saturated rings. The number of carbonyl (C=O) groups excluding carboxylic acids is 3. The van der Waals surface area contributed by atoms with Crippen LogP contribution < -0.4 is 0 Å². The van der Waals surface area contributed by atoms with Crippen LogP contribution in [0.5, 0.6) is 0 Å². The lowest BCUT2D eigenvalue weighted by atomic mass is 9.86. The number of amides is 2. The Morgan fingerprint density at radius 3 is 2.34 bits per heavy atom. The van der Waals surface area contributed by atoms with E-state index < -0.39 is 18.1 Å². The van der Waals surface area contributed by atoms with Crippen LogP contribution in [0.15, 0.2) is 48.5 Å². The molecule has 0 spiro atoms. The smallest absolute Gasteiger partial charge is 0.337 e. The third-order valence-electron chi connectivity index (χ3n) is 8.55. The number of aromatic nitrogens is 1. The van der Waals surface area contributed by atoms with Gasteiger partial charge in [0.1, 0.15) is 6.04 Å². The van der Waals surface area contributed by atoms with E-state index >= 15 is 0 Å². The van der Waals surface area contributed by atoms with Crippen LogP contribution in [0, 0.1) is 0 Å². The second kappa shape index (κ2) is 12.9. The number of H-pyrrole nitrogens is 1. The van der Waals surface area contributed by atoms with Crippen molar-refractivity contribution in [3.8, 4) is 0 Å². The molecule has 0 aliphatic carbocycles. The fraction of sp³-hybridized carbons (Fsp3) is 0.485. The van der Waals surface area contributed by atoms with Crippen molar-refractivity contribution in [1.82, 2.24) is 19.7 Å². The molecule has 8 heteroatoms. The summed E-state index contributed by atoms with van der Waals surface area (Å²) in [5.74, 6) is -0.438. The maximum absolute atomic E-state index is 14.0. The molecule has 0 radical (unpaired) electrons. The van der Waals surface area contributed by atoms with Gasteiger partial charge in [-0.1, -0.05) is 57.0 Å². The molecule has 41 heavy (non-hydrogen) atoms. The van der Waals surface area contributed by atoms with Crippen molar-refractivity contribution in [2.75, 3.05) is 39.8 Å². The fourth-order valence-corrected chi connectivity index (χ4v) is 6.36. The Morgan fingerprint density at radius 1 is 0.976 bits per heavy atom. The number of benzene rings is 2. The van der Waals surface area contributed by atoms with E-state index in [1.54, 1.807) is 21.9 Å². The summed E-state index contributed by atoms with van der Waals surface area (Å²) < 4.78 is 4.87. The van der Waals surface area contributed by atoms with Gasteiger partial charge in [0.25, 0.3) is 0 Å². The molecular weight excluding hydrogens is 516 g/mol. The summed E-state index contributed by atoms with van der Waals surface area (Å²) in [6.07, 6.45) is 6.03. The summed E-state index contributed by atoms with van der Waals surface area (Å²) in [6.45, 7) is 8.21. The van der Waals surface area contributed by atoms with E-state index in [1.165, 1.54) is 32.8 Å². The van der Waals surface area contributed by atoms with E-state index in [9.17, 15) is 14.4 Å². The predicted octanol–water partition coefficient (Wildman–Crippen LogP) is 4.93. The first-order chi connectivity index (χ1) is 20.0. The van der Waals surface area contributed by atoms with Crippen molar-refractivity contribution in [1.29, 1.82) is 0 Å². The molecule has 3 aromatic rings. The largest absolute Gasteiger partial charge is 0.465 e. The van der Waals surface area contributed by atoms with Gasteiger partial charge in [0, 0.05) is 29.6 Å². The summed E-state index contributed by atoms with van der Waals surface area (Å²) in [5.41, 5.74) is 4.30. The molecule has 1 aromatic heterocycles. The molecule has 0 bridgehead atoms. The normalized spacial score (nSPS) is 18.6. The van der Waals surface area contributed by atoms with Crippen LogP contribution in [0.25, 0.3) is 10.9 Å². The highest BCUT2D eigenvalue weighted by atomic mass is 16.5. The van der Waals surface area contributed by atoms with E-state index in [0.717, 1.165) is 53.8 Å². The number of aromatic amines is 1. The number of hydrogen-bond donors (Lipinski definition) is 1. The topological polar surface area (TPSA) is 85.9 Å². The number of hydrogen-bond acceptors (Lipinski definition) is 5. The second-order valence-corrected chi connectivity index (χ2v) is 11.3. The molecule has 2 aliphatic rings. The number of methoxy groups -OCH3 is 1. The summed E-state index contributed by atoms with van der Waals surface area (Å²) in [7, 11) is 1.36. The monoisotopic (exact) mass is 558 g/mol. The molecule has 0 saturated carbocycles. The van der Waals surface area contributed by atoms with Gasteiger partial charge in [-0.25, -0.2) is 4.79 Å². The number of esters is 1. The van der Waals surface area contributed by atoms with Crippen molar-refractivity contribution in [3.63, 3.8) is 0 Å². The lowest BCUT2D eigenvalue weighted by Gasteiger charge is -2.47. The van der Waals surface area contributed by atoms with Gasteiger partial charge in [-0.2, -0.15) is 0 Å².